The van der Waals surface area contributed by atoms with Gasteiger partial charge in [0.05, 0.1) is 15.5 Å². The van der Waals surface area contributed by atoms with Gasteiger partial charge in [0.15, 0.2) is 0 Å². The molecule has 1 fully saturated rings. The molecule has 3 rings (SSSR count). The molecule has 0 heterocycles. The van der Waals surface area contributed by atoms with Crippen LogP contribution in [0.4, 0.5) is 13.2 Å². The lowest BCUT2D eigenvalue weighted by Gasteiger charge is -2.19. The molecule has 0 saturated heterocycles. The van der Waals surface area contributed by atoms with Gasteiger partial charge in [0.25, 0.3) is 0 Å². The predicted octanol–water partition coefficient (Wildman–Crippen LogP) is 3.53. The maximum absolute atomic E-state index is 13.1. The summed E-state index contributed by atoms with van der Waals surface area (Å²) in [4.78, 5) is 11.9. The zero-order chi connectivity index (χ0) is 21.2. The number of carbonyl (C=O) groups is 1. The highest BCUT2D eigenvalue weighted by atomic mass is 35.5. The lowest BCUT2D eigenvalue weighted by atomic mass is 10.1. The van der Waals surface area contributed by atoms with Crippen LogP contribution in [-0.4, -0.2) is 26.4 Å². The number of halogens is 4. The van der Waals surface area contributed by atoms with E-state index in [2.05, 4.69) is 10.0 Å². The van der Waals surface area contributed by atoms with Crippen LogP contribution in [0.25, 0.3) is 0 Å². The van der Waals surface area contributed by atoms with Gasteiger partial charge in [-0.2, -0.15) is 17.9 Å². The summed E-state index contributed by atoms with van der Waals surface area (Å²) in [6, 6.07) is 9.86. The molecule has 0 aromatic heterocycles. The second-order valence-corrected chi connectivity index (χ2v) is 8.91. The van der Waals surface area contributed by atoms with E-state index >= 15 is 0 Å². The number of rotatable bonds is 7. The Morgan fingerprint density at radius 2 is 1.79 bits per heavy atom. The zero-order valence-electron chi connectivity index (χ0n) is 15.0. The molecule has 29 heavy (non-hydrogen) atoms. The summed E-state index contributed by atoms with van der Waals surface area (Å²) in [5, 5.41) is 2.12. The van der Waals surface area contributed by atoms with Crippen LogP contribution < -0.4 is 10.0 Å². The van der Waals surface area contributed by atoms with Gasteiger partial charge in [0.2, 0.25) is 15.9 Å². The average molecular weight is 447 g/mol. The largest absolute Gasteiger partial charge is 0.417 e. The summed E-state index contributed by atoms with van der Waals surface area (Å²) in [7, 11) is -4.41. The highest BCUT2D eigenvalue weighted by Crippen LogP contribution is 2.36. The second kappa shape index (κ2) is 8.33. The van der Waals surface area contributed by atoms with E-state index in [0.717, 1.165) is 25.0 Å². The third-order valence-corrected chi connectivity index (χ3v) is 6.17. The van der Waals surface area contributed by atoms with Crippen LogP contribution in [0.3, 0.4) is 0 Å². The number of amides is 1. The Balaban J connectivity index is 1.88. The smallest absolute Gasteiger partial charge is 0.352 e. The van der Waals surface area contributed by atoms with Crippen molar-refractivity contribution in [2.45, 2.75) is 42.4 Å². The maximum atomic E-state index is 13.1. The third kappa shape index (κ3) is 5.71. The number of hydrogen-bond donors (Lipinski definition) is 2. The first-order valence-electron chi connectivity index (χ1n) is 8.79. The van der Waals surface area contributed by atoms with Crippen LogP contribution in [0.15, 0.2) is 53.4 Å². The topological polar surface area (TPSA) is 75.3 Å². The summed E-state index contributed by atoms with van der Waals surface area (Å²) < 4.78 is 66.9. The van der Waals surface area contributed by atoms with E-state index in [9.17, 15) is 26.4 Å². The molecular weight excluding hydrogens is 429 g/mol. The van der Waals surface area contributed by atoms with E-state index in [-0.39, 0.29) is 12.5 Å². The Hall–Kier alpha value is -2.10. The Labute approximate surface area is 171 Å². The van der Waals surface area contributed by atoms with Crippen molar-refractivity contribution in [3.05, 3.63) is 64.7 Å². The van der Waals surface area contributed by atoms with Crippen LogP contribution in [0.1, 0.15) is 24.0 Å². The highest BCUT2D eigenvalue weighted by Gasteiger charge is 2.36. The van der Waals surface area contributed by atoms with Crippen LogP contribution in [0, 0.1) is 0 Å². The second-order valence-electron chi connectivity index (χ2n) is 6.79. The van der Waals surface area contributed by atoms with E-state index in [4.69, 9.17) is 11.6 Å². The molecule has 0 spiro atoms. The Bertz CT molecular complexity index is 994. The summed E-state index contributed by atoms with van der Waals surface area (Å²) in [6.07, 6.45) is -3.14. The molecule has 1 saturated carbocycles. The van der Waals surface area contributed by atoms with E-state index < -0.39 is 43.6 Å². The fraction of sp³-hybridized carbons (Fsp3) is 0.316. The number of alkyl halides is 3. The molecule has 2 aromatic rings. The van der Waals surface area contributed by atoms with Gasteiger partial charge in [0.1, 0.15) is 6.04 Å². The first-order chi connectivity index (χ1) is 13.6. The molecule has 2 N–H and O–H groups in total. The minimum atomic E-state index is -4.81. The van der Waals surface area contributed by atoms with Crippen molar-refractivity contribution in [1.82, 2.24) is 10.0 Å². The maximum Gasteiger partial charge on any atom is 0.417 e. The summed E-state index contributed by atoms with van der Waals surface area (Å²) in [5.74, 6) is -0.523. The molecule has 1 unspecified atom stereocenters. The van der Waals surface area contributed by atoms with Gasteiger partial charge in [-0.15, -0.1) is 0 Å². The number of carbonyl (C=O) groups excluding carboxylic acids is 1. The molecule has 0 bridgehead atoms. The molecule has 0 aliphatic heterocycles. The number of sulfonamides is 1. The Morgan fingerprint density at radius 1 is 1.14 bits per heavy atom. The van der Waals surface area contributed by atoms with Crippen molar-refractivity contribution in [1.29, 1.82) is 0 Å². The summed E-state index contributed by atoms with van der Waals surface area (Å²) in [6.45, 7) is 0. The fourth-order valence-electron chi connectivity index (χ4n) is 2.71. The van der Waals surface area contributed by atoms with Crippen molar-refractivity contribution < 1.29 is 26.4 Å². The van der Waals surface area contributed by atoms with Gasteiger partial charge in [-0.05, 0) is 43.0 Å². The first-order valence-corrected chi connectivity index (χ1v) is 10.7. The number of hydrogen-bond acceptors (Lipinski definition) is 3. The molecular formula is C19H18ClF3N2O3S. The van der Waals surface area contributed by atoms with Crippen molar-refractivity contribution in [3.63, 3.8) is 0 Å². The summed E-state index contributed by atoms with van der Waals surface area (Å²) in [5.41, 5.74) is -0.553. The van der Waals surface area contributed by atoms with Crippen molar-refractivity contribution in [2.24, 2.45) is 0 Å². The first kappa shape index (κ1) is 21.6. The van der Waals surface area contributed by atoms with Crippen molar-refractivity contribution in [3.8, 4) is 0 Å². The van der Waals surface area contributed by atoms with Crippen LogP contribution >= 0.6 is 11.6 Å². The standard InChI is InChI=1S/C19H18ClF3N2O3S/c20-16-9-8-14(11-15(16)19(21,22)23)29(27,28)25-17(18(26)24-13-6-7-13)10-12-4-2-1-3-5-12/h1-5,8-9,11,13,17,25H,6-7,10H2,(H,24,26). The minimum Gasteiger partial charge on any atom is -0.352 e. The highest BCUT2D eigenvalue weighted by molar-refractivity contribution is 7.89. The summed E-state index contributed by atoms with van der Waals surface area (Å²) >= 11 is 5.56. The molecule has 2 aromatic carbocycles. The number of benzene rings is 2. The van der Waals surface area contributed by atoms with E-state index in [1.165, 1.54) is 0 Å². The van der Waals surface area contributed by atoms with Crippen molar-refractivity contribution in [2.75, 3.05) is 0 Å². The average Bonchev–Trinajstić information content (AvgIpc) is 3.45. The molecule has 0 radical (unpaired) electrons. The van der Waals surface area contributed by atoms with E-state index in [1.54, 1.807) is 30.3 Å². The van der Waals surface area contributed by atoms with Gasteiger partial charge < -0.3 is 5.32 Å². The fourth-order valence-corrected chi connectivity index (χ4v) is 4.16. The monoisotopic (exact) mass is 446 g/mol. The molecule has 1 aliphatic rings. The molecule has 1 atom stereocenters. The van der Waals surface area contributed by atoms with E-state index in [1.807, 2.05) is 0 Å². The number of nitrogens with one attached hydrogen (secondary N) is 2. The van der Waals surface area contributed by atoms with Gasteiger partial charge in [-0.1, -0.05) is 41.9 Å². The Kier molecular flexibility index (Phi) is 6.21. The molecule has 5 nitrogen and oxygen atoms in total. The SMILES string of the molecule is O=C(NC1CC1)C(Cc1ccccc1)NS(=O)(=O)c1ccc(Cl)c(C(F)(F)F)c1. The van der Waals surface area contributed by atoms with Gasteiger partial charge in [-0.3, -0.25) is 4.79 Å². The quantitative estimate of drug-likeness (QED) is 0.683. The van der Waals surface area contributed by atoms with Crippen molar-refractivity contribution >= 4 is 27.5 Å². The van der Waals surface area contributed by atoms with Crippen LogP contribution in [0.5, 0.6) is 0 Å². The van der Waals surface area contributed by atoms with Crippen LogP contribution in [0.2, 0.25) is 5.02 Å². The van der Waals surface area contributed by atoms with Gasteiger partial charge in [-0.25, -0.2) is 8.42 Å². The molecule has 1 amide bonds. The lowest BCUT2D eigenvalue weighted by Crippen LogP contribution is -2.48. The van der Waals surface area contributed by atoms with Gasteiger partial charge in [0, 0.05) is 6.04 Å². The van der Waals surface area contributed by atoms with Crippen LogP contribution in [-0.2, 0) is 27.4 Å². The third-order valence-electron chi connectivity index (χ3n) is 4.37. The van der Waals surface area contributed by atoms with E-state index in [0.29, 0.717) is 11.6 Å². The lowest BCUT2D eigenvalue weighted by molar-refractivity contribution is -0.137. The van der Waals surface area contributed by atoms with Gasteiger partial charge >= 0.3 is 6.18 Å². The molecule has 1 aliphatic carbocycles. The molecule has 156 valence electrons. The minimum absolute atomic E-state index is 0.00218. The normalized spacial score (nSPS) is 15.7. The Morgan fingerprint density at radius 3 is 2.38 bits per heavy atom. The predicted molar refractivity (Wildman–Crippen MR) is 102 cm³/mol. The molecule has 10 heteroatoms. The zero-order valence-corrected chi connectivity index (χ0v) is 16.6.